The van der Waals surface area contributed by atoms with E-state index in [1.54, 1.807) is 6.92 Å². The number of carbonyl (C=O) groups is 1. The maximum Gasteiger partial charge on any atom is 0.224 e. The Labute approximate surface area is 92.2 Å². The zero-order chi connectivity index (χ0) is 12.1. The molecule has 0 aliphatic heterocycles. The van der Waals surface area contributed by atoms with Gasteiger partial charge in [0.2, 0.25) is 5.91 Å². The van der Waals surface area contributed by atoms with Gasteiger partial charge < -0.3 is 16.2 Å². The molecule has 0 aromatic carbocycles. The number of rotatable bonds is 5. The van der Waals surface area contributed by atoms with Crippen LogP contribution in [0.15, 0.2) is 0 Å². The van der Waals surface area contributed by atoms with E-state index >= 15 is 0 Å². The lowest BCUT2D eigenvalue weighted by Crippen LogP contribution is -2.39. The minimum atomic E-state index is -0.512. The first-order chi connectivity index (χ1) is 6.76. The first-order valence-corrected chi connectivity index (χ1v) is 5.42. The van der Waals surface area contributed by atoms with Crippen molar-refractivity contribution >= 4 is 5.91 Å². The molecule has 0 saturated carbocycles. The summed E-state index contributed by atoms with van der Waals surface area (Å²) in [7, 11) is 0. The van der Waals surface area contributed by atoms with Crippen molar-refractivity contribution in [1.82, 2.24) is 5.32 Å². The molecule has 0 bridgehead atoms. The quantitative estimate of drug-likeness (QED) is 0.626. The third-order valence-corrected chi connectivity index (χ3v) is 2.09. The smallest absolute Gasteiger partial charge is 0.224 e. The van der Waals surface area contributed by atoms with Gasteiger partial charge in [0, 0.05) is 13.1 Å². The third-order valence-electron chi connectivity index (χ3n) is 2.09. The van der Waals surface area contributed by atoms with E-state index in [4.69, 9.17) is 10.8 Å². The predicted molar refractivity (Wildman–Crippen MR) is 61.3 cm³/mol. The van der Waals surface area contributed by atoms with E-state index < -0.39 is 6.10 Å². The summed E-state index contributed by atoms with van der Waals surface area (Å²) in [6.45, 7) is 8.52. The number of carbonyl (C=O) groups excluding carboxylic acids is 1. The molecule has 0 aromatic rings. The molecule has 15 heavy (non-hydrogen) atoms. The van der Waals surface area contributed by atoms with Crippen LogP contribution in [0.5, 0.6) is 0 Å². The normalized spacial score (nSPS) is 15.9. The standard InChI is InChI=1S/C11H24N2O2/c1-8(14)7-13-10(15)9(6-12)5-11(2,3)4/h8-9,14H,5-7,12H2,1-4H3,(H,13,15)/t8-,9?/m0/s1. The summed E-state index contributed by atoms with van der Waals surface area (Å²) >= 11 is 0. The molecule has 4 nitrogen and oxygen atoms in total. The van der Waals surface area contributed by atoms with Crippen molar-refractivity contribution in [2.45, 2.75) is 40.2 Å². The van der Waals surface area contributed by atoms with Crippen LogP contribution in [0, 0.1) is 11.3 Å². The second-order valence-corrected chi connectivity index (χ2v) is 5.29. The highest BCUT2D eigenvalue weighted by Crippen LogP contribution is 2.23. The molecule has 0 aromatic heterocycles. The van der Waals surface area contributed by atoms with Crippen LogP contribution in [0.2, 0.25) is 0 Å². The van der Waals surface area contributed by atoms with Crippen LogP contribution in [-0.4, -0.2) is 30.2 Å². The number of hydrogen-bond donors (Lipinski definition) is 3. The Bertz CT molecular complexity index is 197. The van der Waals surface area contributed by atoms with Gasteiger partial charge in [-0.05, 0) is 18.8 Å². The zero-order valence-electron chi connectivity index (χ0n) is 10.2. The number of amides is 1. The summed E-state index contributed by atoms with van der Waals surface area (Å²) in [4.78, 5) is 11.7. The lowest BCUT2D eigenvalue weighted by atomic mass is 9.84. The summed E-state index contributed by atoms with van der Waals surface area (Å²) in [6, 6.07) is 0. The van der Waals surface area contributed by atoms with Gasteiger partial charge in [-0.1, -0.05) is 20.8 Å². The maximum absolute atomic E-state index is 11.7. The molecule has 1 unspecified atom stereocenters. The summed E-state index contributed by atoms with van der Waals surface area (Å²) < 4.78 is 0. The van der Waals surface area contributed by atoms with E-state index in [1.807, 2.05) is 0 Å². The molecule has 0 spiro atoms. The molecule has 0 fully saturated rings. The van der Waals surface area contributed by atoms with Crippen LogP contribution in [0.1, 0.15) is 34.1 Å². The molecule has 0 rings (SSSR count). The van der Waals surface area contributed by atoms with E-state index in [0.717, 1.165) is 6.42 Å². The Morgan fingerprint density at radius 2 is 2.00 bits per heavy atom. The zero-order valence-corrected chi connectivity index (χ0v) is 10.2. The number of hydrogen-bond acceptors (Lipinski definition) is 3. The van der Waals surface area contributed by atoms with E-state index in [0.29, 0.717) is 13.1 Å². The Morgan fingerprint density at radius 3 is 2.33 bits per heavy atom. The molecular formula is C11H24N2O2. The SMILES string of the molecule is C[C@H](O)CNC(=O)C(CN)CC(C)(C)C. The van der Waals surface area contributed by atoms with Crippen molar-refractivity contribution < 1.29 is 9.90 Å². The summed E-state index contributed by atoms with van der Waals surface area (Å²) in [5.74, 6) is -0.225. The minimum Gasteiger partial charge on any atom is -0.392 e. The van der Waals surface area contributed by atoms with Crippen molar-refractivity contribution in [3.05, 3.63) is 0 Å². The predicted octanol–water partition coefficient (Wildman–Crippen LogP) is 0.494. The van der Waals surface area contributed by atoms with E-state index in [9.17, 15) is 4.79 Å². The van der Waals surface area contributed by atoms with Gasteiger partial charge >= 0.3 is 0 Å². The van der Waals surface area contributed by atoms with Crippen molar-refractivity contribution in [3.63, 3.8) is 0 Å². The van der Waals surface area contributed by atoms with E-state index in [2.05, 4.69) is 26.1 Å². The maximum atomic E-state index is 11.7. The highest BCUT2D eigenvalue weighted by atomic mass is 16.3. The molecule has 4 N–H and O–H groups in total. The molecule has 2 atom stereocenters. The first-order valence-electron chi connectivity index (χ1n) is 5.42. The van der Waals surface area contributed by atoms with Gasteiger partial charge in [0.1, 0.15) is 0 Å². The van der Waals surface area contributed by atoms with Gasteiger partial charge in [-0.15, -0.1) is 0 Å². The molecule has 4 heteroatoms. The van der Waals surface area contributed by atoms with Gasteiger partial charge in [-0.2, -0.15) is 0 Å². The van der Waals surface area contributed by atoms with Crippen molar-refractivity contribution in [2.75, 3.05) is 13.1 Å². The second-order valence-electron chi connectivity index (χ2n) is 5.29. The monoisotopic (exact) mass is 216 g/mol. The van der Waals surface area contributed by atoms with Crippen molar-refractivity contribution in [2.24, 2.45) is 17.1 Å². The van der Waals surface area contributed by atoms with Gasteiger partial charge in [-0.25, -0.2) is 0 Å². The molecule has 1 amide bonds. The Morgan fingerprint density at radius 1 is 1.47 bits per heavy atom. The highest BCUT2D eigenvalue weighted by Gasteiger charge is 2.23. The fraction of sp³-hybridized carbons (Fsp3) is 0.909. The molecular weight excluding hydrogens is 192 g/mol. The molecule has 0 aliphatic carbocycles. The van der Waals surface area contributed by atoms with E-state index in [1.165, 1.54) is 0 Å². The van der Waals surface area contributed by atoms with Crippen molar-refractivity contribution in [1.29, 1.82) is 0 Å². The van der Waals surface area contributed by atoms with Crippen LogP contribution in [0.4, 0.5) is 0 Å². The Hall–Kier alpha value is -0.610. The van der Waals surface area contributed by atoms with Crippen molar-refractivity contribution in [3.8, 4) is 0 Å². The summed E-state index contributed by atoms with van der Waals surface area (Å²) in [5.41, 5.74) is 5.65. The average Bonchev–Trinajstić information content (AvgIpc) is 2.08. The number of nitrogens with two attached hydrogens (primary N) is 1. The summed E-state index contributed by atoms with van der Waals surface area (Å²) in [6.07, 6.45) is 0.247. The molecule has 0 heterocycles. The topological polar surface area (TPSA) is 75.3 Å². The summed E-state index contributed by atoms with van der Waals surface area (Å²) in [5, 5.41) is 11.7. The third kappa shape index (κ3) is 7.33. The Balaban J connectivity index is 4.11. The van der Waals surface area contributed by atoms with Gasteiger partial charge in [0.25, 0.3) is 0 Å². The fourth-order valence-electron chi connectivity index (χ4n) is 1.41. The number of aliphatic hydroxyl groups is 1. The number of aliphatic hydroxyl groups excluding tert-OH is 1. The molecule has 0 saturated heterocycles. The van der Waals surface area contributed by atoms with Gasteiger partial charge in [0.05, 0.1) is 12.0 Å². The molecule has 0 aliphatic rings. The van der Waals surface area contributed by atoms with Crippen LogP contribution in [0.25, 0.3) is 0 Å². The average molecular weight is 216 g/mol. The molecule has 0 radical (unpaired) electrons. The van der Waals surface area contributed by atoms with Crippen LogP contribution in [-0.2, 0) is 4.79 Å². The van der Waals surface area contributed by atoms with Gasteiger partial charge in [-0.3, -0.25) is 4.79 Å². The van der Waals surface area contributed by atoms with Gasteiger partial charge in [0.15, 0.2) is 0 Å². The van der Waals surface area contributed by atoms with Crippen LogP contribution < -0.4 is 11.1 Å². The van der Waals surface area contributed by atoms with Crippen LogP contribution in [0.3, 0.4) is 0 Å². The van der Waals surface area contributed by atoms with E-state index in [-0.39, 0.29) is 17.2 Å². The Kier molecular flexibility index (Phi) is 5.83. The van der Waals surface area contributed by atoms with Crippen LogP contribution >= 0.6 is 0 Å². The highest BCUT2D eigenvalue weighted by molar-refractivity contribution is 5.78. The first kappa shape index (κ1) is 14.4. The number of nitrogens with one attached hydrogen (secondary N) is 1. The fourth-order valence-corrected chi connectivity index (χ4v) is 1.41. The minimum absolute atomic E-state index is 0.0617. The largest absolute Gasteiger partial charge is 0.392 e. The molecule has 90 valence electrons. The second kappa shape index (κ2) is 6.08. The lowest BCUT2D eigenvalue weighted by molar-refractivity contribution is -0.126. The lowest BCUT2D eigenvalue weighted by Gasteiger charge is -2.24.